The van der Waals surface area contributed by atoms with Gasteiger partial charge in [0.05, 0.1) is 11.2 Å². The van der Waals surface area contributed by atoms with E-state index < -0.39 is 29.1 Å². The lowest BCUT2D eigenvalue weighted by Crippen LogP contribution is -2.55. The van der Waals surface area contributed by atoms with Crippen LogP contribution in [0.15, 0.2) is 59.8 Å². The third-order valence-corrected chi connectivity index (χ3v) is 7.51. The molecule has 0 bridgehead atoms. The van der Waals surface area contributed by atoms with E-state index in [1.165, 1.54) is 0 Å². The number of pyridine rings is 1. The van der Waals surface area contributed by atoms with Gasteiger partial charge in [-0.15, -0.1) is 0 Å². The SMILES string of the molecule is Cc1cc(COc2ccc(C3=NOC4(CCN(C(=O)OC(C)(C)C)CC4CC(=O)NO)C3)cc2)c2ccccc2n1. The second-order valence-electron chi connectivity index (χ2n) is 11.7. The van der Waals surface area contributed by atoms with Crippen molar-refractivity contribution >= 4 is 28.6 Å². The number of aryl methyl sites for hydroxylation is 1. The van der Waals surface area contributed by atoms with Crippen molar-refractivity contribution in [1.29, 1.82) is 0 Å². The number of rotatable bonds is 6. The molecule has 0 saturated carbocycles. The summed E-state index contributed by atoms with van der Waals surface area (Å²) in [6.07, 6.45) is 0.491. The van der Waals surface area contributed by atoms with Gasteiger partial charge in [-0.3, -0.25) is 15.0 Å². The topological polar surface area (TPSA) is 123 Å². The molecule has 3 heterocycles. The van der Waals surface area contributed by atoms with E-state index >= 15 is 0 Å². The van der Waals surface area contributed by atoms with E-state index in [1.54, 1.807) is 10.4 Å². The van der Waals surface area contributed by atoms with Crippen LogP contribution in [0.25, 0.3) is 10.9 Å². The standard InChI is InChI=1S/C31H36N4O6/c1-20-15-22(25-7-5-6-8-26(25)32-20)19-39-24-11-9-21(10-12-24)27-17-31(41-34-27)13-14-35(29(37)40-30(2,3)4)18-23(31)16-28(36)33-38/h5-12,15,23,38H,13-14,16-19H2,1-4H3,(H,33,36). The predicted molar refractivity (Wildman–Crippen MR) is 153 cm³/mol. The highest BCUT2D eigenvalue weighted by atomic mass is 16.7. The van der Waals surface area contributed by atoms with Gasteiger partial charge in [-0.05, 0) is 69.7 Å². The molecule has 10 nitrogen and oxygen atoms in total. The van der Waals surface area contributed by atoms with E-state index in [9.17, 15) is 14.8 Å². The zero-order valence-electron chi connectivity index (χ0n) is 23.8. The smallest absolute Gasteiger partial charge is 0.410 e. The number of piperidine rings is 1. The number of aromatic nitrogens is 1. The van der Waals surface area contributed by atoms with Crippen LogP contribution in [0.1, 0.15) is 56.9 Å². The first-order chi connectivity index (χ1) is 19.5. The van der Waals surface area contributed by atoms with Crippen LogP contribution in [0.3, 0.4) is 0 Å². The van der Waals surface area contributed by atoms with Gasteiger partial charge in [-0.25, -0.2) is 10.3 Å². The number of benzene rings is 2. The Kier molecular flexibility index (Phi) is 7.86. The summed E-state index contributed by atoms with van der Waals surface area (Å²) in [5.74, 6) is -0.209. The van der Waals surface area contributed by atoms with Gasteiger partial charge < -0.3 is 19.2 Å². The highest BCUT2D eigenvalue weighted by Crippen LogP contribution is 2.42. The minimum atomic E-state index is -0.768. The highest BCUT2D eigenvalue weighted by molar-refractivity contribution is 6.01. The lowest BCUT2D eigenvalue weighted by molar-refractivity contribution is -0.139. The van der Waals surface area contributed by atoms with Crippen molar-refractivity contribution in [3.63, 3.8) is 0 Å². The summed E-state index contributed by atoms with van der Waals surface area (Å²) < 4.78 is 11.6. The van der Waals surface area contributed by atoms with Crippen molar-refractivity contribution in [1.82, 2.24) is 15.4 Å². The molecule has 41 heavy (non-hydrogen) atoms. The molecular weight excluding hydrogens is 524 g/mol. The third kappa shape index (κ3) is 6.43. The molecular formula is C31H36N4O6. The van der Waals surface area contributed by atoms with Gasteiger partial charge in [0.1, 0.15) is 23.6 Å². The first-order valence-corrected chi connectivity index (χ1v) is 13.8. The van der Waals surface area contributed by atoms with Crippen molar-refractivity contribution < 1.29 is 29.1 Å². The molecule has 2 amide bonds. The van der Waals surface area contributed by atoms with Gasteiger partial charge in [0.25, 0.3) is 0 Å². The number of hydrogen-bond acceptors (Lipinski definition) is 8. The molecule has 2 aliphatic rings. The second kappa shape index (κ2) is 11.4. The van der Waals surface area contributed by atoms with Gasteiger partial charge in [-0.2, -0.15) is 0 Å². The molecule has 3 aromatic rings. The summed E-state index contributed by atoms with van der Waals surface area (Å²) in [5, 5.41) is 14.6. The maximum Gasteiger partial charge on any atom is 0.410 e. The number of nitrogens with zero attached hydrogens (tertiary/aromatic N) is 3. The molecule has 1 spiro atoms. The Morgan fingerprint density at radius 1 is 1.17 bits per heavy atom. The summed E-state index contributed by atoms with van der Waals surface area (Å²) in [7, 11) is 0. The van der Waals surface area contributed by atoms with Crippen LogP contribution in [-0.2, 0) is 21.0 Å². The van der Waals surface area contributed by atoms with Crippen LogP contribution in [0.2, 0.25) is 0 Å². The maximum absolute atomic E-state index is 12.7. The summed E-state index contributed by atoms with van der Waals surface area (Å²) in [5.41, 5.74) is 4.91. The molecule has 2 N–H and O–H groups in total. The fourth-order valence-electron chi connectivity index (χ4n) is 5.48. The fraction of sp³-hybridized carbons (Fsp3) is 0.419. The van der Waals surface area contributed by atoms with Crippen LogP contribution >= 0.6 is 0 Å². The number of amides is 2. The molecule has 5 rings (SSSR count). The average molecular weight is 561 g/mol. The van der Waals surface area contributed by atoms with Gasteiger partial charge in [-0.1, -0.05) is 23.4 Å². The highest BCUT2D eigenvalue weighted by Gasteiger charge is 2.51. The van der Waals surface area contributed by atoms with Crippen LogP contribution in [0.4, 0.5) is 4.79 Å². The van der Waals surface area contributed by atoms with Gasteiger partial charge in [0.2, 0.25) is 5.91 Å². The van der Waals surface area contributed by atoms with Crippen molar-refractivity contribution in [2.75, 3.05) is 13.1 Å². The Morgan fingerprint density at radius 2 is 1.93 bits per heavy atom. The van der Waals surface area contributed by atoms with E-state index in [2.05, 4.69) is 10.1 Å². The van der Waals surface area contributed by atoms with Crippen molar-refractivity contribution in [2.45, 2.75) is 64.8 Å². The monoisotopic (exact) mass is 560 g/mol. The van der Waals surface area contributed by atoms with Gasteiger partial charge >= 0.3 is 6.09 Å². The third-order valence-electron chi connectivity index (χ3n) is 7.51. The largest absolute Gasteiger partial charge is 0.489 e. The minimum absolute atomic E-state index is 0.0193. The second-order valence-corrected chi connectivity index (χ2v) is 11.7. The zero-order valence-corrected chi connectivity index (χ0v) is 23.8. The molecule has 1 aromatic heterocycles. The molecule has 0 radical (unpaired) electrons. The van der Waals surface area contributed by atoms with Crippen molar-refractivity contribution in [2.24, 2.45) is 11.1 Å². The molecule has 0 aliphatic carbocycles. The number of carbonyl (C=O) groups excluding carboxylic acids is 2. The first kappa shape index (κ1) is 28.4. The molecule has 2 atom stereocenters. The number of para-hydroxylation sites is 1. The zero-order chi connectivity index (χ0) is 29.2. The molecule has 1 saturated heterocycles. The Morgan fingerprint density at radius 3 is 2.66 bits per heavy atom. The van der Waals surface area contributed by atoms with E-state index in [0.717, 1.165) is 39.2 Å². The summed E-state index contributed by atoms with van der Waals surface area (Å²) in [6, 6.07) is 17.8. The lowest BCUT2D eigenvalue weighted by Gasteiger charge is -2.43. The van der Waals surface area contributed by atoms with Crippen molar-refractivity contribution in [3.05, 3.63) is 71.4 Å². The number of hydroxylamine groups is 1. The summed E-state index contributed by atoms with van der Waals surface area (Å²) in [4.78, 5) is 37.1. The summed E-state index contributed by atoms with van der Waals surface area (Å²) in [6.45, 7) is 8.48. The van der Waals surface area contributed by atoms with Gasteiger partial charge in [0, 0.05) is 54.9 Å². The predicted octanol–water partition coefficient (Wildman–Crippen LogP) is 5.14. The molecule has 2 aromatic carbocycles. The number of ether oxygens (including phenoxy) is 2. The fourth-order valence-corrected chi connectivity index (χ4v) is 5.48. The van der Waals surface area contributed by atoms with E-state index in [1.807, 2.05) is 82.3 Å². The Hall–Kier alpha value is -4.18. The van der Waals surface area contributed by atoms with Crippen LogP contribution in [-0.4, -0.2) is 57.1 Å². The number of oxime groups is 1. The molecule has 216 valence electrons. The maximum atomic E-state index is 12.7. The number of hydrogen-bond donors (Lipinski definition) is 2. The number of carbonyl (C=O) groups is 2. The van der Waals surface area contributed by atoms with Gasteiger partial charge in [0.15, 0.2) is 0 Å². The van der Waals surface area contributed by atoms with E-state index in [0.29, 0.717) is 26.0 Å². The molecule has 10 heteroatoms. The average Bonchev–Trinajstić information content (AvgIpc) is 3.36. The number of fused-ring (bicyclic) bond motifs is 1. The Labute approximate surface area is 239 Å². The minimum Gasteiger partial charge on any atom is -0.489 e. The van der Waals surface area contributed by atoms with Crippen molar-refractivity contribution in [3.8, 4) is 5.75 Å². The normalized spacial score (nSPS) is 20.5. The van der Waals surface area contributed by atoms with Crippen LogP contribution in [0, 0.1) is 12.8 Å². The Bertz CT molecular complexity index is 1470. The Balaban J connectivity index is 1.26. The van der Waals surface area contributed by atoms with Crippen LogP contribution < -0.4 is 10.2 Å². The first-order valence-electron chi connectivity index (χ1n) is 13.8. The number of nitrogens with one attached hydrogen (secondary N) is 1. The molecule has 2 unspecified atom stereocenters. The van der Waals surface area contributed by atoms with E-state index in [4.69, 9.17) is 14.3 Å². The molecule has 1 fully saturated rings. The van der Waals surface area contributed by atoms with Crippen LogP contribution in [0.5, 0.6) is 5.75 Å². The lowest BCUT2D eigenvalue weighted by atomic mass is 9.75. The quantitative estimate of drug-likeness (QED) is 0.316. The van der Waals surface area contributed by atoms with E-state index in [-0.39, 0.29) is 13.0 Å². The summed E-state index contributed by atoms with van der Waals surface area (Å²) >= 11 is 0. The molecule has 2 aliphatic heterocycles. The number of likely N-dealkylation sites (tertiary alicyclic amines) is 1.